The molecule has 2 rings (SSSR count). The number of carbonyl (C=O) groups is 1. The third kappa shape index (κ3) is 2.16. The summed E-state index contributed by atoms with van der Waals surface area (Å²) in [4.78, 5) is 16.1. The van der Waals surface area contributed by atoms with Gasteiger partial charge in [0.1, 0.15) is 5.54 Å². The summed E-state index contributed by atoms with van der Waals surface area (Å²) in [5.41, 5.74) is -0.755. The smallest absolute Gasteiger partial charge is 0.323 e. The lowest BCUT2D eigenvalue weighted by molar-refractivity contribution is -0.152. The van der Waals surface area contributed by atoms with E-state index < -0.39 is 11.5 Å². The summed E-state index contributed by atoms with van der Waals surface area (Å²) in [6, 6.07) is 1.74. The van der Waals surface area contributed by atoms with Crippen LogP contribution in [0.5, 0.6) is 0 Å². The first-order valence-corrected chi connectivity index (χ1v) is 7.10. The molecule has 0 aromatic heterocycles. The number of hydrogen-bond acceptors (Lipinski definition) is 3. The third-order valence-electron chi connectivity index (χ3n) is 5.10. The average Bonchev–Trinajstić information content (AvgIpc) is 2.52. The van der Waals surface area contributed by atoms with Crippen LogP contribution >= 0.6 is 0 Å². The Bertz CT molecular complexity index is 316. The Kier molecular flexibility index (Phi) is 3.70. The summed E-state index contributed by atoms with van der Waals surface area (Å²) in [7, 11) is 2.22. The Balaban J connectivity index is 2.13. The van der Waals surface area contributed by atoms with Crippen molar-refractivity contribution in [2.24, 2.45) is 0 Å². The molecule has 2 heterocycles. The summed E-state index contributed by atoms with van der Waals surface area (Å²) >= 11 is 0. The summed E-state index contributed by atoms with van der Waals surface area (Å²) in [6.45, 7) is 6.55. The summed E-state index contributed by atoms with van der Waals surface area (Å²) in [6.07, 6.45) is 4.81. The first-order chi connectivity index (χ1) is 8.37. The number of rotatable bonds is 4. The predicted octanol–water partition coefficient (Wildman–Crippen LogP) is 1.80. The Hall–Kier alpha value is -0.610. The molecule has 2 bridgehead atoms. The maximum Gasteiger partial charge on any atom is 0.323 e. The Morgan fingerprint density at radius 1 is 1.33 bits per heavy atom. The summed E-state index contributed by atoms with van der Waals surface area (Å²) < 4.78 is 0. The number of nitrogens with zero attached hydrogens (tertiary/aromatic N) is 2. The van der Waals surface area contributed by atoms with Crippen molar-refractivity contribution >= 4 is 5.97 Å². The van der Waals surface area contributed by atoms with Crippen LogP contribution in [0, 0.1) is 0 Å². The van der Waals surface area contributed by atoms with Gasteiger partial charge >= 0.3 is 5.97 Å². The first-order valence-electron chi connectivity index (χ1n) is 7.10. The second-order valence-electron chi connectivity index (χ2n) is 6.33. The fourth-order valence-corrected chi connectivity index (χ4v) is 3.87. The van der Waals surface area contributed by atoms with Crippen LogP contribution in [0.4, 0.5) is 0 Å². The van der Waals surface area contributed by atoms with E-state index in [2.05, 4.69) is 23.8 Å². The van der Waals surface area contributed by atoms with Gasteiger partial charge in [0.05, 0.1) is 0 Å². The van der Waals surface area contributed by atoms with E-state index in [0.29, 0.717) is 18.1 Å². The number of piperidine rings is 1. The summed E-state index contributed by atoms with van der Waals surface area (Å²) in [5.74, 6) is -0.712. The number of carboxylic acids is 1. The Labute approximate surface area is 110 Å². The lowest BCUT2D eigenvalue weighted by Crippen LogP contribution is -2.58. The normalized spacial score (nSPS) is 33.1. The van der Waals surface area contributed by atoms with E-state index in [1.165, 1.54) is 12.8 Å². The van der Waals surface area contributed by atoms with Gasteiger partial charge in [-0.1, -0.05) is 6.92 Å². The molecule has 0 aromatic rings. The molecular weight excluding hydrogens is 228 g/mol. The number of likely N-dealkylation sites (N-methyl/N-ethyl adjacent to an activating group) is 1. The minimum absolute atomic E-state index is 0.426. The van der Waals surface area contributed by atoms with Gasteiger partial charge in [-0.2, -0.15) is 0 Å². The number of aliphatic carboxylic acids is 1. The molecule has 2 aliphatic heterocycles. The second kappa shape index (κ2) is 4.82. The minimum atomic E-state index is -0.755. The highest BCUT2D eigenvalue weighted by Gasteiger charge is 2.45. The third-order valence-corrected chi connectivity index (χ3v) is 5.10. The van der Waals surface area contributed by atoms with Crippen LogP contribution in [-0.4, -0.2) is 58.1 Å². The highest BCUT2D eigenvalue weighted by atomic mass is 16.4. The van der Waals surface area contributed by atoms with E-state index in [4.69, 9.17) is 0 Å². The van der Waals surface area contributed by atoms with Crippen LogP contribution in [0.3, 0.4) is 0 Å². The standard InChI is InChI=1S/C14H26N2O2/c1-5-16(14(2,3)13(17)18)12-8-10-6-7-11(9-12)15(10)4/h10-12H,5-9H2,1-4H3,(H,17,18). The molecule has 4 nitrogen and oxygen atoms in total. The lowest BCUT2D eigenvalue weighted by Gasteiger charge is -2.46. The lowest BCUT2D eigenvalue weighted by atomic mass is 9.91. The SMILES string of the molecule is CCN(C1CC2CCC(C1)N2C)C(C)(C)C(=O)O. The van der Waals surface area contributed by atoms with Crippen molar-refractivity contribution in [3.63, 3.8) is 0 Å². The molecule has 104 valence electrons. The molecule has 0 radical (unpaired) electrons. The van der Waals surface area contributed by atoms with Gasteiger partial charge in [0, 0.05) is 18.1 Å². The number of hydrogen-bond donors (Lipinski definition) is 1. The monoisotopic (exact) mass is 254 g/mol. The molecule has 2 fully saturated rings. The fourth-order valence-electron chi connectivity index (χ4n) is 3.87. The molecule has 0 aliphatic carbocycles. The Morgan fingerprint density at radius 2 is 1.83 bits per heavy atom. The number of carboxylic acid groups (broad SMARTS) is 1. The molecule has 18 heavy (non-hydrogen) atoms. The van der Waals surface area contributed by atoms with Crippen molar-refractivity contribution in [3.8, 4) is 0 Å². The molecule has 2 saturated heterocycles. The zero-order chi connectivity index (χ0) is 13.5. The van der Waals surface area contributed by atoms with Crippen molar-refractivity contribution in [1.29, 1.82) is 0 Å². The zero-order valence-corrected chi connectivity index (χ0v) is 12.0. The molecule has 2 unspecified atom stereocenters. The van der Waals surface area contributed by atoms with Gasteiger partial charge in [-0.15, -0.1) is 0 Å². The van der Waals surface area contributed by atoms with Gasteiger partial charge in [-0.05, 0) is 53.1 Å². The van der Waals surface area contributed by atoms with Crippen LogP contribution in [0.2, 0.25) is 0 Å². The molecular formula is C14H26N2O2. The highest BCUT2D eigenvalue weighted by Crippen LogP contribution is 2.38. The van der Waals surface area contributed by atoms with E-state index in [9.17, 15) is 9.90 Å². The average molecular weight is 254 g/mol. The van der Waals surface area contributed by atoms with E-state index in [0.717, 1.165) is 19.4 Å². The quantitative estimate of drug-likeness (QED) is 0.831. The van der Waals surface area contributed by atoms with Crippen molar-refractivity contribution < 1.29 is 9.90 Å². The second-order valence-corrected chi connectivity index (χ2v) is 6.33. The van der Waals surface area contributed by atoms with Gasteiger partial charge in [-0.3, -0.25) is 9.69 Å². The van der Waals surface area contributed by atoms with Crippen LogP contribution in [-0.2, 0) is 4.79 Å². The van der Waals surface area contributed by atoms with E-state index in [1.54, 1.807) is 0 Å². The maximum absolute atomic E-state index is 11.5. The largest absolute Gasteiger partial charge is 0.480 e. The molecule has 0 amide bonds. The summed E-state index contributed by atoms with van der Waals surface area (Å²) in [5, 5.41) is 9.42. The molecule has 1 N–H and O–H groups in total. The van der Waals surface area contributed by atoms with Gasteiger partial charge < -0.3 is 10.0 Å². The van der Waals surface area contributed by atoms with E-state index in [-0.39, 0.29) is 0 Å². The minimum Gasteiger partial charge on any atom is -0.480 e. The van der Waals surface area contributed by atoms with Crippen molar-refractivity contribution in [1.82, 2.24) is 9.80 Å². The van der Waals surface area contributed by atoms with E-state index >= 15 is 0 Å². The molecule has 4 heteroatoms. The van der Waals surface area contributed by atoms with Crippen LogP contribution in [0.15, 0.2) is 0 Å². The molecule has 0 aromatic carbocycles. The van der Waals surface area contributed by atoms with Crippen molar-refractivity contribution in [2.45, 2.75) is 70.1 Å². The molecule has 0 saturated carbocycles. The van der Waals surface area contributed by atoms with Crippen molar-refractivity contribution in [2.75, 3.05) is 13.6 Å². The topological polar surface area (TPSA) is 43.8 Å². The van der Waals surface area contributed by atoms with Crippen LogP contribution in [0.25, 0.3) is 0 Å². The van der Waals surface area contributed by atoms with Gasteiger partial charge in [-0.25, -0.2) is 0 Å². The zero-order valence-electron chi connectivity index (χ0n) is 12.0. The highest BCUT2D eigenvalue weighted by molar-refractivity contribution is 5.77. The van der Waals surface area contributed by atoms with Crippen LogP contribution in [0.1, 0.15) is 46.5 Å². The van der Waals surface area contributed by atoms with Gasteiger partial charge in [0.15, 0.2) is 0 Å². The van der Waals surface area contributed by atoms with Crippen LogP contribution < -0.4 is 0 Å². The van der Waals surface area contributed by atoms with Crippen molar-refractivity contribution in [3.05, 3.63) is 0 Å². The number of fused-ring (bicyclic) bond motifs is 2. The first kappa shape index (κ1) is 13.8. The predicted molar refractivity (Wildman–Crippen MR) is 71.7 cm³/mol. The molecule has 2 aliphatic rings. The fraction of sp³-hybridized carbons (Fsp3) is 0.929. The molecule has 0 spiro atoms. The van der Waals surface area contributed by atoms with E-state index in [1.807, 2.05) is 13.8 Å². The maximum atomic E-state index is 11.5. The molecule has 2 atom stereocenters. The Morgan fingerprint density at radius 3 is 2.22 bits per heavy atom. The van der Waals surface area contributed by atoms with Gasteiger partial charge in [0.25, 0.3) is 0 Å². The van der Waals surface area contributed by atoms with Gasteiger partial charge in [0.2, 0.25) is 0 Å².